The van der Waals surface area contributed by atoms with Crippen LogP contribution in [0.4, 0.5) is 11.7 Å². The van der Waals surface area contributed by atoms with E-state index in [2.05, 4.69) is 15.6 Å². The van der Waals surface area contributed by atoms with E-state index in [1.807, 2.05) is 14.1 Å². The Kier molecular flexibility index (Phi) is 7.08. The number of anilines is 2. The number of rotatable bonds is 3. The minimum absolute atomic E-state index is 0. The second kappa shape index (κ2) is 8.35. The first-order valence-corrected chi connectivity index (χ1v) is 6.84. The van der Waals surface area contributed by atoms with E-state index in [4.69, 9.17) is 9.15 Å². The Morgan fingerprint density at radius 2 is 2.17 bits per heavy atom. The van der Waals surface area contributed by atoms with Crippen LogP contribution in [0.25, 0.3) is 11.1 Å². The highest BCUT2D eigenvalue weighted by atomic mass is 35.5. The van der Waals surface area contributed by atoms with Crippen LogP contribution in [0.3, 0.4) is 0 Å². The Labute approximate surface area is 146 Å². The highest BCUT2D eigenvalue weighted by molar-refractivity contribution is 5.96. The van der Waals surface area contributed by atoms with Gasteiger partial charge in [-0.25, -0.2) is 0 Å². The van der Waals surface area contributed by atoms with Crippen molar-refractivity contribution < 1.29 is 13.9 Å². The van der Waals surface area contributed by atoms with Gasteiger partial charge in [-0.15, -0.1) is 24.8 Å². The molecule has 1 amide bonds. The number of amides is 1. The van der Waals surface area contributed by atoms with Gasteiger partial charge in [0.15, 0.2) is 5.58 Å². The molecule has 0 saturated carbocycles. The standard InChI is InChI=1S/C14H18N4O3.2ClH/c1-18(2)14-17-10-7-9(3-4-11(10)21-14)16-13(19)12-8-15-5-6-20-12;;/h3-4,7,12,15H,5-6,8H2,1-2H3,(H,16,19);2*1H. The maximum atomic E-state index is 12.1. The zero-order valence-corrected chi connectivity index (χ0v) is 14.5. The van der Waals surface area contributed by atoms with Crippen LogP contribution in [-0.2, 0) is 9.53 Å². The first kappa shape index (κ1) is 19.5. The predicted molar refractivity (Wildman–Crippen MR) is 94.1 cm³/mol. The molecule has 1 aliphatic heterocycles. The summed E-state index contributed by atoms with van der Waals surface area (Å²) in [5.74, 6) is -0.155. The van der Waals surface area contributed by atoms with Crippen molar-refractivity contribution in [2.24, 2.45) is 0 Å². The smallest absolute Gasteiger partial charge is 0.297 e. The van der Waals surface area contributed by atoms with Crippen molar-refractivity contribution in [1.82, 2.24) is 10.3 Å². The minimum atomic E-state index is -0.455. The van der Waals surface area contributed by atoms with Gasteiger partial charge in [-0.1, -0.05) is 0 Å². The lowest BCUT2D eigenvalue weighted by Gasteiger charge is -2.22. The molecule has 0 radical (unpaired) electrons. The van der Waals surface area contributed by atoms with Gasteiger partial charge in [-0.2, -0.15) is 4.98 Å². The molecule has 0 bridgehead atoms. The number of oxazole rings is 1. The highest BCUT2D eigenvalue weighted by Crippen LogP contribution is 2.23. The second-order valence-corrected chi connectivity index (χ2v) is 5.13. The van der Waals surface area contributed by atoms with Gasteiger partial charge in [-0.3, -0.25) is 4.79 Å². The fourth-order valence-electron chi connectivity index (χ4n) is 2.14. The number of fused-ring (bicyclic) bond motifs is 1. The molecule has 1 unspecified atom stereocenters. The van der Waals surface area contributed by atoms with Gasteiger partial charge in [0.25, 0.3) is 11.9 Å². The van der Waals surface area contributed by atoms with Crippen molar-refractivity contribution in [3.8, 4) is 0 Å². The molecule has 2 aromatic rings. The van der Waals surface area contributed by atoms with Crippen LogP contribution in [-0.4, -0.2) is 50.8 Å². The molecule has 1 aromatic heterocycles. The van der Waals surface area contributed by atoms with Crippen molar-refractivity contribution >= 4 is 53.5 Å². The zero-order valence-electron chi connectivity index (χ0n) is 12.9. The summed E-state index contributed by atoms with van der Waals surface area (Å²) in [5.41, 5.74) is 2.08. The molecule has 9 heteroatoms. The summed E-state index contributed by atoms with van der Waals surface area (Å²) in [6.07, 6.45) is -0.455. The number of aromatic nitrogens is 1. The molecular formula is C14H20Cl2N4O3. The molecular weight excluding hydrogens is 343 g/mol. The lowest BCUT2D eigenvalue weighted by Crippen LogP contribution is -2.45. The molecule has 23 heavy (non-hydrogen) atoms. The number of hydrogen-bond donors (Lipinski definition) is 2. The number of nitrogens with one attached hydrogen (secondary N) is 2. The maximum absolute atomic E-state index is 12.1. The number of ether oxygens (including phenoxy) is 1. The average molecular weight is 363 g/mol. The Hall–Kier alpha value is -1.54. The lowest BCUT2D eigenvalue weighted by atomic mass is 10.2. The number of hydrogen-bond acceptors (Lipinski definition) is 6. The van der Waals surface area contributed by atoms with Crippen molar-refractivity contribution in [2.45, 2.75) is 6.10 Å². The van der Waals surface area contributed by atoms with Crippen molar-refractivity contribution in [2.75, 3.05) is 44.0 Å². The Balaban J connectivity index is 0.00000132. The summed E-state index contributed by atoms with van der Waals surface area (Å²) < 4.78 is 11.0. The van der Waals surface area contributed by atoms with Crippen LogP contribution in [0.2, 0.25) is 0 Å². The van der Waals surface area contributed by atoms with E-state index in [9.17, 15) is 4.79 Å². The lowest BCUT2D eigenvalue weighted by molar-refractivity contribution is -0.128. The van der Waals surface area contributed by atoms with E-state index < -0.39 is 6.10 Å². The second-order valence-electron chi connectivity index (χ2n) is 5.13. The molecule has 1 saturated heterocycles. The SMILES string of the molecule is CN(C)c1nc2cc(NC(=O)C3CNCCO3)ccc2o1.Cl.Cl. The Bertz CT molecular complexity index is 657. The average Bonchev–Trinajstić information content (AvgIpc) is 2.91. The van der Waals surface area contributed by atoms with Crippen LogP contribution in [0.1, 0.15) is 0 Å². The van der Waals surface area contributed by atoms with Gasteiger partial charge in [0.2, 0.25) is 0 Å². The fourth-order valence-corrected chi connectivity index (χ4v) is 2.14. The van der Waals surface area contributed by atoms with Gasteiger partial charge < -0.3 is 24.7 Å². The largest absolute Gasteiger partial charge is 0.423 e. The Morgan fingerprint density at radius 3 is 2.83 bits per heavy atom. The van der Waals surface area contributed by atoms with Crippen molar-refractivity contribution in [3.63, 3.8) is 0 Å². The summed E-state index contributed by atoms with van der Waals surface area (Å²) in [5, 5.41) is 5.97. The molecule has 0 aliphatic carbocycles. The number of carbonyl (C=O) groups excluding carboxylic acids is 1. The summed E-state index contributed by atoms with van der Waals surface area (Å²) in [7, 11) is 3.72. The number of morpholine rings is 1. The molecule has 1 fully saturated rings. The minimum Gasteiger partial charge on any atom is -0.423 e. The van der Waals surface area contributed by atoms with Gasteiger partial charge in [0.1, 0.15) is 11.6 Å². The third-order valence-electron chi connectivity index (χ3n) is 3.25. The predicted octanol–water partition coefficient (Wildman–Crippen LogP) is 1.66. The Morgan fingerprint density at radius 1 is 1.39 bits per heavy atom. The van der Waals surface area contributed by atoms with Crippen LogP contribution < -0.4 is 15.5 Å². The van der Waals surface area contributed by atoms with Crippen LogP contribution in [0.15, 0.2) is 22.6 Å². The quantitative estimate of drug-likeness (QED) is 0.864. The van der Waals surface area contributed by atoms with Gasteiger partial charge >= 0.3 is 0 Å². The number of halogens is 2. The van der Waals surface area contributed by atoms with E-state index in [1.54, 1.807) is 23.1 Å². The number of nitrogens with zero attached hydrogens (tertiary/aromatic N) is 2. The molecule has 2 N–H and O–H groups in total. The molecule has 2 heterocycles. The van der Waals surface area contributed by atoms with Gasteiger partial charge in [0.05, 0.1) is 6.61 Å². The first-order chi connectivity index (χ1) is 10.1. The van der Waals surface area contributed by atoms with E-state index in [-0.39, 0.29) is 30.7 Å². The number of carbonyl (C=O) groups is 1. The van der Waals surface area contributed by atoms with Gasteiger partial charge in [-0.05, 0) is 18.2 Å². The summed E-state index contributed by atoms with van der Waals surface area (Å²) in [6, 6.07) is 5.92. The van der Waals surface area contributed by atoms with Crippen LogP contribution in [0.5, 0.6) is 0 Å². The fraction of sp³-hybridized carbons (Fsp3) is 0.429. The molecule has 128 valence electrons. The molecule has 7 nitrogen and oxygen atoms in total. The van der Waals surface area contributed by atoms with E-state index in [1.165, 1.54) is 0 Å². The van der Waals surface area contributed by atoms with E-state index in [0.29, 0.717) is 36.0 Å². The third-order valence-corrected chi connectivity index (χ3v) is 3.25. The summed E-state index contributed by atoms with van der Waals surface area (Å²) in [6.45, 7) is 1.86. The van der Waals surface area contributed by atoms with E-state index in [0.717, 1.165) is 6.54 Å². The van der Waals surface area contributed by atoms with E-state index >= 15 is 0 Å². The topological polar surface area (TPSA) is 79.6 Å². The molecule has 1 atom stereocenters. The molecule has 1 aromatic carbocycles. The maximum Gasteiger partial charge on any atom is 0.297 e. The van der Waals surface area contributed by atoms with Crippen molar-refractivity contribution in [1.29, 1.82) is 0 Å². The van der Waals surface area contributed by atoms with Crippen LogP contribution >= 0.6 is 24.8 Å². The van der Waals surface area contributed by atoms with Crippen molar-refractivity contribution in [3.05, 3.63) is 18.2 Å². The summed E-state index contributed by atoms with van der Waals surface area (Å²) >= 11 is 0. The summed E-state index contributed by atoms with van der Waals surface area (Å²) in [4.78, 5) is 18.2. The molecule has 0 spiro atoms. The van der Waals surface area contributed by atoms with Crippen LogP contribution in [0, 0.1) is 0 Å². The monoisotopic (exact) mass is 362 g/mol. The molecule has 1 aliphatic rings. The highest BCUT2D eigenvalue weighted by Gasteiger charge is 2.21. The van der Waals surface area contributed by atoms with Gasteiger partial charge in [0, 0.05) is 32.9 Å². The number of benzene rings is 1. The first-order valence-electron chi connectivity index (χ1n) is 6.84. The normalized spacial score (nSPS) is 17.0. The zero-order chi connectivity index (χ0) is 14.8. The third kappa shape index (κ3) is 4.48. The molecule has 3 rings (SSSR count).